The number of hydrogen-bond acceptors (Lipinski definition) is 4. The number of nitrogens with one attached hydrogen (secondary N) is 1. The maximum atomic E-state index is 11.5. The van der Waals surface area contributed by atoms with Gasteiger partial charge in [-0.05, 0) is 26.7 Å². The molecule has 94 valence electrons. The largest absolute Gasteiger partial charge is 0.464 e. The highest BCUT2D eigenvalue weighted by Crippen LogP contribution is 2.19. The van der Waals surface area contributed by atoms with Crippen LogP contribution in [0.15, 0.2) is 12.5 Å². The third-order valence-corrected chi connectivity index (χ3v) is 2.88. The highest BCUT2D eigenvalue weighted by molar-refractivity contribution is 5.73. The lowest BCUT2D eigenvalue weighted by molar-refractivity contribution is -0.146. The molecule has 1 heterocycles. The molecule has 1 N–H and O–H groups in total. The minimum absolute atomic E-state index is 0.216. The molecular formula is C12H19N3O2. The van der Waals surface area contributed by atoms with Crippen molar-refractivity contribution in [1.82, 2.24) is 14.9 Å². The van der Waals surface area contributed by atoms with Gasteiger partial charge in [-0.3, -0.25) is 0 Å². The van der Waals surface area contributed by atoms with E-state index in [1.807, 2.05) is 20.0 Å². The van der Waals surface area contributed by atoms with Crippen molar-refractivity contribution in [3.05, 3.63) is 18.2 Å². The summed E-state index contributed by atoms with van der Waals surface area (Å²) >= 11 is 0. The van der Waals surface area contributed by atoms with Gasteiger partial charge in [0.25, 0.3) is 0 Å². The fraction of sp³-hybridized carbons (Fsp3) is 0.667. The lowest BCUT2D eigenvalue weighted by Crippen LogP contribution is -2.18. The fourth-order valence-corrected chi connectivity index (χ4v) is 1.60. The van der Waals surface area contributed by atoms with Crippen LogP contribution in [0, 0.1) is 0 Å². The predicted molar refractivity (Wildman–Crippen MR) is 63.4 cm³/mol. The standard InChI is InChI=1S/C12H19N3O2/c1-3-17-12(16)9(2)15-7-11(14-8-15)6-13-10-4-5-10/h7-10,13H,3-6H2,1-2H3. The number of aromatic nitrogens is 2. The number of ether oxygens (including phenoxy) is 1. The molecule has 1 saturated carbocycles. The number of hydrogen-bond donors (Lipinski definition) is 1. The molecule has 5 heteroatoms. The Morgan fingerprint density at radius 3 is 3.12 bits per heavy atom. The Kier molecular flexibility index (Phi) is 3.78. The summed E-state index contributed by atoms with van der Waals surface area (Å²) in [5.74, 6) is -0.216. The molecule has 1 aliphatic carbocycles. The SMILES string of the molecule is CCOC(=O)C(C)n1cnc(CNC2CC2)c1. The van der Waals surface area contributed by atoms with Crippen LogP contribution in [0.5, 0.6) is 0 Å². The van der Waals surface area contributed by atoms with Gasteiger partial charge in [0.05, 0.1) is 18.6 Å². The normalized spacial score (nSPS) is 16.8. The van der Waals surface area contributed by atoms with E-state index in [1.165, 1.54) is 12.8 Å². The molecule has 1 aromatic heterocycles. The zero-order chi connectivity index (χ0) is 12.3. The second kappa shape index (κ2) is 5.31. The van der Waals surface area contributed by atoms with Crippen LogP contribution in [0.25, 0.3) is 0 Å². The van der Waals surface area contributed by atoms with E-state index in [4.69, 9.17) is 4.74 Å². The Morgan fingerprint density at radius 2 is 2.47 bits per heavy atom. The molecule has 0 saturated heterocycles. The Hall–Kier alpha value is -1.36. The van der Waals surface area contributed by atoms with Gasteiger partial charge in [-0.2, -0.15) is 0 Å². The predicted octanol–water partition coefficient (Wildman–Crippen LogP) is 1.26. The van der Waals surface area contributed by atoms with Gasteiger partial charge in [-0.1, -0.05) is 0 Å². The summed E-state index contributed by atoms with van der Waals surface area (Å²) in [6.45, 7) is 4.81. The maximum Gasteiger partial charge on any atom is 0.328 e. The number of nitrogens with zero attached hydrogens (tertiary/aromatic N) is 2. The van der Waals surface area contributed by atoms with Crippen LogP contribution in [0.3, 0.4) is 0 Å². The van der Waals surface area contributed by atoms with Crippen LogP contribution < -0.4 is 5.32 Å². The van der Waals surface area contributed by atoms with E-state index < -0.39 is 0 Å². The molecule has 1 aliphatic rings. The quantitative estimate of drug-likeness (QED) is 0.757. The van der Waals surface area contributed by atoms with Crippen molar-refractivity contribution in [2.24, 2.45) is 0 Å². The second-order valence-corrected chi connectivity index (χ2v) is 4.40. The van der Waals surface area contributed by atoms with Crippen LogP contribution >= 0.6 is 0 Å². The molecule has 5 nitrogen and oxygen atoms in total. The first-order chi connectivity index (χ1) is 8.20. The zero-order valence-corrected chi connectivity index (χ0v) is 10.3. The fourth-order valence-electron chi connectivity index (χ4n) is 1.60. The second-order valence-electron chi connectivity index (χ2n) is 4.40. The van der Waals surface area contributed by atoms with E-state index in [0.717, 1.165) is 12.2 Å². The van der Waals surface area contributed by atoms with Gasteiger partial charge >= 0.3 is 5.97 Å². The molecule has 0 aliphatic heterocycles. The van der Waals surface area contributed by atoms with Crippen molar-refractivity contribution in [3.8, 4) is 0 Å². The minimum atomic E-state index is -0.308. The molecule has 0 amide bonds. The molecule has 1 fully saturated rings. The average molecular weight is 237 g/mol. The molecule has 17 heavy (non-hydrogen) atoms. The Balaban J connectivity index is 1.89. The summed E-state index contributed by atoms with van der Waals surface area (Å²) in [6, 6.07) is 0.361. The summed E-state index contributed by atoms with van der Waals surface area (Å²) < 4.78 is 6.77. The molecule has 1 unspecified atom stereocenters. The Morgan fingerprint density at radius 1 is 1.71 bits per heavy atom. The van der Waals surface area contributed by atoms with Crippen LogP contribution in [0.2, 0.25) is 0 Å². The third-order valence-electron chi connectivity index (χ3n) is 2.88. The van der Waals surface area contributed by atoms with E-state index in [1.54, 1.807) is 10.9 Å². The first-order valence-electron chi connectivity index (χ1n) is 6.13. The van der Waals surface area contributed by atoms with Gasteiger partial charge in [0.1, 0.15) is 6.04 Å². The number of imidazole rings is 1. The number of esters is 1. The highest BCUT2D eigenvalue weighted by atomic mass is 16.5. The van der Waals surface area contributed by atoms with Gasteiger partial charge in [-0.15, -0.1) is 0 Å². The minimum Gasteiger partial charge on any atom is -0.464 e. The molecule has 0 spiro atoms. The Labute approximate surface area is 101 Å². The monoisotopic (exact) mass is 237 g/mol. The maximum absolute atomic E-state index is 11.5. The number of carbonyl (C=O) groups excluding carboxylic acids is 1. The molecule has 0 aromatic carbocycles. The van der Waals surface area contributed by atoms with Crippen LogP contribution in [0.4, 0.5) is 0 Å². The summed E-state index contributed by atoms with van der Waals surface area (Å²) in [7, 11) is 0. The average Bonchev–Trinajstić information content (AvgIpc) is 3.03. The summed E-state index contributed by atoms with van der Waals surface area (Å²) in [5, 5.41) is 3.39. The van der Waals surface area contributed by atoms with Crippen molar-refractivity contribution >= 4 is 5.97 Å². The van der Waals surface area contributed by atoms with E-state index in [2.05, 4.69) is 10.3 Å². The van der Waals surface area contributed by atoms with Gasteiger partial charge < -0.3 is 14.6 Å². The van der Waals surface area contributed by atoms with Gasteiger partial charge in [-0.25, -0.2) is 9.78 Å². The van der Waals surface area contributed by atoms with E-state index in [-0.39, 0.29) is 12.0 Å². The van der Waals surface area contributed by atoms with Crippen LogP contribution in [-0.2, 0) is 16.1 Å². The zero-order valence-electron chi connectivity index (χ0n) is 10.3. The van der Waals surface area contributed by atoms with Crippen molar-refractivity contribution in [2.45, 2.75) is 45.3 Å². The van der Waals surface area contributed by atoms with Crippen LogP contribution in [0.1, 0.15) is 38.4 Å². The molecular weight excluding hydrogens is 218 g/mol. The summed E-state index contributed by atoms with van der Waals surface area (Å²) in [4.78, 5) is 15.8. The van der Waals surface area contributed by atoms with E-state index in [9.17, 15) is 4.79 Å². The van der Waals surface area contributed by atoms with Gasteiger partial charge in [0.2, 0.25) is 0 Å². The van der Waals surface area contributed by atoms with Gasteiger partial charge in [0, 0.05) is 18.8 Å². The first kappa shape index (κ1) is 12.1. The molecule has 2 rings (SSSR count). The lowest BCUT2D eigenvalue weighted by Gasteiger charge is -2.10. The van der Waals surface area contributed by atoms with E-state index in [0.29, 0.717) is 12.6 Å². The number of carbonyl (C=O) groups is 1. The van der Waals surface area contributed by atoms with Crippen molar-refractivity contribution in [3.63, 3.8) is 0 Å². The van der Waals surface area contributed by atoms with Crippen LogP contribution in [-0.4, -0.2) is 28.2 Å². The van der Waals surface area contributed by atoms with Gasteiger partial charge in [0.15, 0.2) is 0 Å². The smallest absolute Gasteiger partial charge is 0.328 e. The Bertz CT molecular complexity index is 385. The van der Waals surface area contributed by atoms with Crippen molar-refractivity contribution < 1.29 is 9.53 Å². The van der Waals surface area contributed by atoms with Crippen molar-refractivity contribution in [1.29, 1.82) is 0 Å². The first-order valence-corrected chi connectivity index (χ1v) is 6.13. The van der Waals surface area contributed by atoms with Crippen molar-refractivity contribution in [2.75, 3.05) is 6.61 Å². The molecule has 0 bridgehead atoms. The third kappa shape index (κ3) is 3.30. The summed E-state index contributed by atoms with van der Waals surface area (Å²) in [6.07, 6.45) is 6.11. The molecule has 1 atom stereocenters. The highest BCUT2D eigenvalue weighted by Gasteiger charge is 2.21. The number of rotatable bonds is 6. The van der Waals surface area contributed by atoms with E-state index >= 15 is 0 Å². The lowest BCUT2D eigenvalue weighted by atomic mass is 10.3. The molecule has 1 aromatic rings. The topological polar surface area (TPSA) is 56.2 Å². The molecule has 0 radical (unpaired) electrons. The summed E-state index contributed by atoms with van der Waals surface area (Å²) in [5.41, 5.74) is 0.966.